The molecule has 0 saturated heterocycles. The molecule has 0 radical (unpaired) electrons. The molecule has 0 N–H and O–H groups in total. The molecular formula is C36H66CaO8. The summed E-state index contributed by atoms with van der Waals surface area (Å²) < 4.78 is 9.91. The van der Waals surface area contributed by atoms with Crippen molar-refractivity contribution in [1.29, 1.82) is 0 Å². The molecule has 0 saturated carbocycles. The molecule has 0 rings (SSSR count). The number of unbranched alkanes of at least 4 members (excludes halogenated alkanes) is 22. The zero-order valence-corrected chi connectivity index (χ0v) is 31.4. The average molecular weight is 667 g/mol. The number of carbonyl (C=O) groups is 4. The maximum absolute atomic E-state index is 11.1. The van der Waals surface area contributed by atoms with E-state index in [0.717, 1.165) is 25.7 Å². The predicted octanol–water partition coefficient (Wildman–Crippen LogP) is 7.14. The number of rotatable bonds is 32. The summed E-state index contributed by atoms with van der Waals surface area (Å²) in [6.45, 7) is 5.30. The van der Waals surface area contributed by atoms with Crippen molar-refractivity contribution in [3.8, 4) is 0 Å². The van der Waals surface area contributed by atoms with Crippen LogP contribution in [0.3, 0.4) is 0 Å². The minimum absolute atomic E-state index is 0. The Balaban J connectivity index is -0.000000767. The smallest absolute Gasteiger partial charge is 0.550 e. The molecule has 0 aliphatic carbocycles. The van der Waals surface area contributed by atoms with Gasteiger partial charge < -0.3 is 29.3 Å². The van der Waals surface area contributed by atoms with E-state index < -0.39 is 23.9 Å². The van der Waals surface area contributed by atoms with Crippen molar-refractivity contribution in [1.82, 2.24) is 0 Å². The summed E-state index contributed by atoms with van der Waals surface area (Å²) >= 11 is 0. The van der Waals surface area contributed by atoms with Crippen LogP contribution < -0.4 is 10.2 Å². The van der Waals surface area contributed by atoms with E-state index in [9.17, 15) is 29.4 Å². The van der Waals surface area contributed by atoms with E-state index in [1.807, 2.05) is 0 Å². The largest absolute Gasteiger partial charge is 2.00 e. The summed E-state index contributed by atoms with van der Waals surface area (Å²) in [4.78, 5) is 42.6. The van der Waals surface area contributed by atoms with E-state index >= 15 is 0 Å². The van der Waals surface area contributed by atoms with Gasteiger partial charge >= 0.3 is 49.7 Å². The van der Waals surface area contributed by atoms with Crippen LogP contribution >= 0.6 is 0 Å². The normalized spacial score (nSPS) is 10.4. The number of aliphatic carboxylic acids is 2. The summed E-state index contributed by atoms with van der Waals surface area (Å²) in [6.07, 6.45) is 29.8. The van der Waals surface area contributed by atoms with E-state index in [1.54, 1.807) is 0 Å². The van der Waals surface area contributed by atoms with Gasteiger partial charge in [-0.3, -0.25) is 9.59 Å². The fraction of sp³-hybridized carbons (Fsp3) is 0.889. The third-order valence-corrected chi connectivity index (χ3v) is 7.59. The quantitative estimate of drug-likeness (QED) is 0.0420. The molecule has 0 aromatic rings. The monoisotopic (exact) mass is 666 g/mol. The molecule has 0 heterocycles. The Morgan fingerprint density at radius 3 is 0.822 bits per heavy atom. The van der Waals surface area contributed by atoms with Gasteiger partial charge in [0.1, 0.15) is 0 Å². The van der Waals surface area contributed by atoms with Gasteiger partial charge in [-0.15, -0.1) is 0 Å². The van der Waals surface area contributed by atoms with Gasteiger partial charge in [0.25, 0.3) is 0 Å². The predicted molar refractivity (Wildman–Crippen MR) is 178 cm³/mol. The van der Waals surface area contributed by atoms with Crippen molar-refractivity contribution >= 4 is 61.6 Å². The second-order valence-electron chi connectivity index (χ2n) is 12.0. The van der Waals surface area contributed by atoms with Gasteiger partial charge in [-0.1, -0.05) is 155 Å². The molecule has 0 fully saturated rings. The summed E-state index contributed by atoms with van der Waals surface area (Å²) in [5.74, 6) is -3.29. The Morgan fingerprint density at radius 2 is 0.600 bits per heavy atom. The Kier molecular flexibility index (Phi) is 44.4. The first kappa shape index (κ1) is 48.5. The van der Waals surface area contributed by atoms with Crippen molar-refractivity contribution in [2.75, 3.05) is 13.2 Å². The van der Waals surface area contributed by atoms with Gasteiger partial charge in [-0.25, -0.2) is 0 Å². The molecule has 0 bridgehead atoms. The van der Waals surface area contributed by atoms with Crippen LogP contribution in [-0.2, 0) is 28.7 Å². The molecule has 0 aromatic carbocycles. The fourth-order valence-electron chi connectivity index (χ4n) is 4.81. The third-order valence-electron chi connectivity index (χ3n) is 7.59. The average Bonchev–Trinajstić information content (AvgIpc) is 3.00. The van der Waals surface area contributed by atoms with E-state index in [-0.39, 0.29) is 63.4 Å². The number of carbonyl (C=O) groups excluding carboxylic acids is 4. The molecule has 0 aliphatic heterocycles. The van der Waals surface area contributed by atoms with E-state index in [2.05, 4.69) is 13.8 Å². The van der Waals surface area contributed by atoms with Crippen LogP contribution in [0.25, 0.3) is 0 Å². The van der Waals surface area contributed by atoms with Crippen LogP contribution in [0, 0.1) is 0 Å². The number of hydrogen-bond donors (Lipinski definition) is 0. The van der Waals surface area contributed by atoms with Crippen LogP contribution in [0.5, 0.6) is 0 Å². The second kappa shape index (κ2) is 41.2. The first-order valence-corrected chi connectivity index (χ1v) is 18.0. The first-order valence-electron chi connectivity index (χ1n) is 18.0. The number of esters is 2. The SMILES string of the molecule is CCCCCCCCCCCCCCOC(=O)CCC(=O)[O-].CCCCCCCCCCCCCCOC(=O)CCC(=O)[O-].[Ca+2]. The van der Waals surface area contributed by atoms with Crippen LogP contribution in [0.1, 0.15) is 194 Å². The number of carboxylic acid groups (broad SMARTS) is 2. The van der Waals surface area contributed by atoms with Gasteiger partial charge in [0.05, 0.1) is 26.1 Å². The molecule has 0 aliphatic rings. The summed E-state index contributed by atoms with van der Waals surface area (Å²) in [5, 5.41) is 20.3. The summed E-state index contributed by atoms with van der Waals surface area (Å²) in [5.41, 5.74) is 0. The van der Waals surface area contributed by atoms with Gasteiger partial charge in [0.15, 0.2) is 0 Å². The third kappa shape index (κ3) is 47.7. The Morgan fingerprint density at radius 1 is 0.378 bits per heavy atom. The van der Waals surface area contributed by atoms with Crippen molar-refractivity contribution in [3.63, 3.8) is 0 Å². The number of carboxylic acids is 2. The Labute approximate surface area is 305 Å². The van der Waals surface area contributed by atoms with Crippen molar-refractivity contribution in [3.05, 3.63) is 0 Å². The molecule has 8 nitrogen and oxygen atoms in total. The van der Waals surface area contributed by atoms with Crippen LogP contribution in [0.2, 0.25) is 0 Å². The minimum atomic E-state index is -1.21. The maximum Gasteiger partial charge on any atom is 2.00 e. The first-order chi connectivity index (χ1) is 21.3. The molecule has 0 aromatic heterocycles. The molecule has 0 amide bonds. The molecule has 260 valence electrons. The molecule has 45 heavy (non-hydrogen) atoms. The maximum atomic E-state index is 11.1. The van der Waals surface area contributed by atoms with Crippen LogP contribution in [-0.4, -0.2) is 74.8 Å². The Bertz CT molecular complexity index is 615. The summed E-state index contributed by atoms with van der Waals surface area (Å²) in [6, 6.07) is 0. The molecular weight excluding hydrogens is 600 g/mol. The van der Waals surface area contributed by atoms with Crippen LogP contribution in [0.4, 0.5) is 0 Å². The van der Waals surface area contributed by atoms with Gasteiger partial charge in [-0.2, -0.15) is 0 Å². The molecule has 0 atom stereocenters. The molecule has 0 unspecified atom stereocenters. The van der Waals surface area contributed by atoms with Crippen molar-refractivity contribution < 1.29 is 38.9 Å². The zero-order chi connectivity index (χ0) is 32.9. The number of hydrogen-bond acceptors (Lipinski definition) is 8. The van der Waals surface area contributed by atoms with Crippen molar-refractivity contribution in [2.24, 2.45) is 0 Å². The van der Waals surface area contributed by atoms with Gasteiger partial charge in [-0.05, 0) is 25.7 Å². The van der Waals surface area contributed by atoms with Gasteiger partial charge in [0.2, 0.25) is 0 Å². The number of ether oxygens (including phenoxy) is 2. The Hall–Kier alpha value is -0.860. The molecule has 0 spiro atoms. The zero-order valence-electron chi connectivity index (χ0n) is 29.2. The van der Waals surface area contributed by atoms with E-state index in [1.165, 1.54) is 128 Å². The van der Waals surface area contributed by atoms with Crippen LogP contribution in [0.15, 0.2) is 0 Å². The fourth-order valence-corrected chi connectivity index (χ4v) is 4.81. The van der Waals surface area contributed by atoms with E-state index in [0.29, 0.717) is 13.2 Å². The van der Waals surface area contributed by atoms with Gasteiger partial charge in [0, 0.05) is 11.9 Å². The molecule has 9 heteroatoms. The topological polar surface area (TPSA) is 133 Å². The van der Waals surface area contributed by atoms with E-state index in [4.69, 9.17) is 9.47 Å². The summed E-state index contributed by atoms with van der Waals surface area (Å²) in [7, 11) is 0. The minimum Gasteiger partial charge on any atom is -0.550 e. The standard InChI is InChI=1S/2C18H34O4.Ca/c2*1-2-3-4-5-6-7-8-9-10-11-12-13-16-22-18(21)15-14-17(19)20;/h2*2-16H2,1H3,(H,19,20);/q;;+2/p-2. The second-order valence-corrected chi connectivity index (χ2v) is 12.0. The van der Waals surface area contributed by atoms with Crippen molar-refractivity contribution in [2.45, 2.75) is 194 Å².